The van der Waals surface area contributed by atoms with Crippen molar-refractivity contribution in [3.63, 3.8) is 0 Å². The fourth-order valence-corrected chi connectivity index (χ4v) is 3.18. The summed E-state index contributed by atoms with van der Waals surface area (Å²) in [6.45, 7) is 6.10. The molecule has 1 aliphatic rings. The SMILES string of the molecule is COC(=O)c1cc(Br)cc([N+](=O)[O-])c1NC1CCN(C(=O)OC(C)(C)C)C1. The third-order valence-corrected chi connectivity index (χ3v) is 4.33. The molecule has 0 aliphatic carbocycles. The van der Waals surface area contributed by atoms with Crippen molar-refractivity contribution in [1.82, 2.24) is 4.90 Å². The molecule has 1 aromatic rings. The second-order valence-corrected chi connectivity index (χ2v) is 8.07. The van der Waals surface area contributed by atoms with Crippen LogP contribution in [0.1, 0.15) is 37.6 Å². The number of carbonyl (C=O) groups is 2. The molecule has 1 atom stereocenters. The Morgan fingerprint density at radius 1 is 1.37 bits per heavy atom. The highest BCUT2D eigenvalue weighted by Crippen LogP contribution is 2.34. The molecule has 2 rings (SSSR count). The van der Waals surface area contributed by atoms with Crippen LogP contribution in [-0.2, 0) is 9.47 Å². The minimum Gasteiger partial charge on any atom is -0.465 e. The van der Waals surface area contributed by atoms with Crippen LogP contribution in [0.5, 0.6) is 0 Å². The van der Waals surface area contributed by atoms with Crippen molar-refractivity contribution in [3.05, 3.63) is 32.3 Å². The number of hydrogen-bond donors (Lipinski definition) is 1. The molecule has 9 nitrogen and oxygen atoms in total. The maximum Gasteiger partial charge on any atom is 0.410 e. The van der Waals surface area contributed by atoms with E-state index in [4.69, 9.17) is 9.47 Å². The number of esters is 1. The second-order valence-electron chi connectivity index (χ2n) is 7.15. The Kier molecular flexibility index (Phi) is 6.30. The van der Waals surface area contributed by atoms with Gasteiger partial charge >= 0.3 is 12.1 Å². The third kappa shape index (κ3) is 5.31. The quantitative estimate of drug-likeness (QED) is 0.429. The van der Waals surface area contributed by atoms with Gasteiger partial charge in [0.1, 0.15) is 11.3 Å². The highest BCUT2D eigenvalue weighted by atomic mass is 79.9. The van der Waals surface area contributed by atoms with E-state index in [0.717, 1.165) is 0 Å². The molecule has 10 heteroatoms. The van der Waals surface area contributed by atoms with Gasteiger partial charge < -0.3 is 19.7 Å². The topological polar surface area (TPSA) is 111 Å². The van der Waals surface area contributed by atoms with Crippen LogP contribution in [0.25, 0.3) is 0 Å². The number of rotatable bonds is 4. The first-order valence-corrected chi connectivity index (χ1v) is 9.12. The predicted octanol–water partition coefficient (Wildman–Crippen LogP) is 3.57. The van der Waals surface area contributed by atoms with E-state index in [1.54, 1.807) is 20.8 Å². The number of amides is 1. The molecule has 1 aliphatic heterocycles. The molecule has 1 amide bonds. The lowest BCUT2D eigenvalue weighted by Crippen LogP contribution is -2.36. The molecule has 0 spiro atoms. The molecule has 27 heavy (non-hydrogen) atoms. The van der Waals surface area contributed by atoms with Crippen molar-refractivity contribution < 1.29 is 24.0 Å². The number of ether oxygens (including phenoxy) is 2. The zero-order chi connectivity index (χ0) is 20.4. The van der Waals surface area contributed by atoms with Crippen molar-refractivity contribution >= 4 is 39.4 Å². The monoisotopic (exact) mass is 443 g/mol. The van der Waals surface area contributed by atoms with E-state index in [2.05, 4.69) is 21.2 Å². The first kappa shape index (κ1) is 20.9. The van der Waals surface area contributed by atoms with Gasteiger partial charge in [-0.05, 0) is 33.3 Å². The Morgan fingerprint density at radius 2 is 2.04 bits per heavy atom. The van der Waals surface area contributed by atoms with Crippen molar-refractivity contribution in [2.75, 3.05) is 25.5 Å². The number of nitrogens with zero attached hydrogens (tertiary/aromatic N) is 2. The Labute approximate surface area is 165 Å². The van der Waals surface area contributed by atoms with E-state index in [9.17, 15) is 19.7 Å². The van der Waals surface area contributed by atoms with E-state index in [-0.39, 0.29) is 23.0 Å². The molecule has 1 N–H and O–H groups in total. The van der Waals surface area contributed by atoms with Crippen LogP contribution in [-0.4, -0.2) is 53.7 Å². The number of nitrogens with one attached hydrogen (secondary N) is 1. The summed E-state index contributed by atoms with van der Waals surface area (Å²) in [5.74, 6) is -0.691. The summed E-state index contributed by atoms with van der Waals surface area (Å²) in [5.41, 5.74) is -0.730. The minimum absolute atomic E-state index is 0.0503. The summed E-state index contributed by atoms with van der Waals surface area (Å²) in [6, 6.07) is 2.51. The maximum atomic E-state index is 12.2. The van der Waals surface area contributed by atoms with Gasteiger partial charge in [0.25, 0.3) is 5.69 Å². The summed E-state index contributed by atoms with van der Waals surface area (Å²) < 4.78 is 10.5. The molecule has 0 saturated carbocycles. The molecule has 148 valence electrons. The fraction of sp³-hybridized carbons (Fsp3) is 0.529. The Hall–Kier alpha value is -2.36. The van der Waals surface area contributed by atoms with E-state index in [1.165, 1.54) is 24.1 Å². The number of carbonyl (C=O) groups excluding carboxylic acids is 2. The van der Waals surface area contributed by atoms with Gasteiger partial charge in [0.2, 0.25) is 0 Å². The van der Waals surface area contributed by atoms with Crippen LogP contribution in [0.3, 0.4) is 0 Å². The Bertz CT molecular complexity index is 762. The van der Waals surface area contributed by atoms with Gasteiger partial charge in [-0.15, -0.1) is 0 Å². The van der Waals surface area contributed by atoms with Crippen molar-refractivity contribution in [2.45, 2.75) is 38.8 Å². The van der Waals surface area contributed by atoms with E-state index < -0.39 is 22.6 Å². The lowest BCUT2D eigenvalue weighted by molar-refractivity contribution is -0.384. The first-order chi connectivity index (χ1) is 12.5. The third-order valence-electron chi connectivity index (χ3n) is 3.87. The molecule has 1 saturated heterocycles. The highest BCUT2D eigenvalue weighted by Gasteiger charge is 2.32. The van der Waals surface area contributed by atoms with Gasteiger partial charge in [-0.3, -0.25) is 10.1 Å². The van der Waals surface area contributed by atoms with Crippen molar-refractivity contribution in [3.8, 4) is 0 Å². The normalized spacial score (nSPS) is 16.8. The molecule has 1 heterocycles. The summed E-state index contributed by atoms with van der Waals surface area (Å²) >= 11 is 3.17. The molecule has 0 bridgehead atoms. The van der Waals surface area contributed by atoms with Crippen LogP contribution >= 0.6 is 15.9 Å². The van der Waals surface area contributed by atoms with E-state index in [0.29, 0.717) is 24.0 Å². The summed E-state index contributed by atoms with van der Waals surface area (Å²) in [5, 5.41) is 14.5. The average Bonchev–Trinajstić information content (AvgIpc) is 3.02. The van der Waals surface area contributed by atoms with E-state index in [1.807, 2.05) is 0 Å². The average molecular weight is 444 g/mol. The van der Waals surface area contributed by atoms with E-state index >= 15 is 0 Å². The molecular formula is C17H22BrN3O6. The zero-order valence-corrected chi connectivity index (χ0v) is 17.2. The van der Waals surface area contributed by atoms with Gasteiger partial charge in [-0.2, -0.15) is 0 Å². The molecule has 1 fully saturated rings. The number of halogens is 1. The standard InChI is InChI=1S/C17H22BrN3O6/c1-17(2,3)27-16(23)20-6-5-11(9-20)19-14-12(15(22)26-4)7-10(18)8-13(14)21(24)25/h7-8,11,19H,5-6,9H2,1-4H3. The molecule has 0 radical (unpaired) electrons. The van der Waals surface area contributed by atoms with Gasteiger partial charge in [-0.1, -0.05) is 15.9 Å². The van der Waals surface area contributed by atoms with Crippen molar-refractivity contribution in [2.24, 2.45) is 0 Å². The minimum atomic E-state index is -0.691. The second kappa shape index (κ2) is 8.12. The number of likely N-dealkylation sites (tertiary alicyclic amines) is 1. The lowest BCUT2D eigenvalue weighted by atomic mass is 10.1. The largest absolute Gasteiger partial charge is 0.465 e. The fourth-order valence-electron chi connectivity index (χ4n) is 2.73. The van der Waals surface area contributed by atoms with Crippen LogP contribution in [0.2, 0.25) is 0 Å². The lowest BCUT2D eigenvalue weighted by Gasteiger charge is -2.24. The van der Waals surface area contributed by atoms with Gasteiger partial charge in [0.05, 0.1) is 17.6 Å². The van der Waals surface area contributed by atoms with Crippen LogP contribution in [0, 0.1) is 10.1 Å². The number of benzene rings is 1. The number of nitro groups is 1. The van der Waals surface area contributed by atoms with Crippen LogP contribution in [0.4, 0.5) is 16.2 Å². The smallest absolute Gasteiger partial charge is 0.410 e. The maximum absolute atomic E-state index is 12.2. The van der Waals surface area contributed by atoms with Crippen LogP contribution < -0.4 is 5.32 Å². The number of anilines is 1. The van der Waals surface area contributed by atoms with Crippen molar-refractivity contribution in [1.29, 1.82) is 0 Å². The number of methoxy groups -OCH3 is 1. The zero-order valence-electron chi connectivity index (χ0n) is 15.6. The molecule has 1 unspecified atom stereocenters. The molecule has 1 aromatic carbocycles. The summed E-state index contributed by atoms with van der Waals surface area (Å²) in [6.07, 6.45) is 0.123. The Morgan fingerprint density at radius 3 is 2.59 bits per heavy atom. The predicted molar refractivity (Wildman–Crippen MR) is 102 cm³/mol. The van der Waals surface area contributed by atoms with Gasteiger partial charge in [-0.25, -0.2) is 9.59 Å². The number of hydrogen-bond acceptors (Lipinski definition) is 7. The molecule has 0 aromatic heterocycles. The summed E-state index contributed by atoms with van der Waals surface area (Å²) in [7, 11) is 1.21. The van der Waals surface area contributed by atoms with Gasteiger partial charge in [0, 0.05) is 29.7 Å². The van der Waals surface area contributed by atoms with Crippen LogP contribution in [0.15, 0.2) is 16.6 Å². The Balaban J connectivity index is 2.23. The molecular weight excluding hydrogens is 422 g/mol. The first-order valence-electron chi connectivity index (χ1n) is 8.32. The van der Waals surface area contributed by atoms with Gasteiger partial charge in [0.15, 0.2) is 0 Å². The highest BCUT2D eigenvalue weighted by molar-refractivity contribution is 9.10. The number of nitro benzene ring substituents is 1. The summed E-state index contributed by atoms with van der Waals surface area (Å²) in [4.78, 5) is 36.7.